The number of hydrogen-bond acceptors (Lipinski definition) is 7. The first kappa shape index (κ1) is 30.2. The maximum absolute atomic E-state index is 12.9. The number of ether oxygens (including phenoxy) is 1. The Morgan fingerprint density at radius 3 is 2.40 bits per heavy atom. The van der Waals surface area contributed by atoms with Gasteiger partial charge in [0.15, 0.2) is 0 Å². The van der Waals surface area contributed by atoms with Crippen molar-refractivity contribution in [3.63, 3.8) is 0 Å². The molecule has 11 nitrogen and oxygen atoms in total. The number of fused-ring (bicyclic) bond motifs is 1. The average Bonchev–Trinajstić information content (AvgIpc) is 3.37. The zero-order valence-corrected chi connectivity index (χ0v) is 23.6. The van der Waals surface area contributed by atoms with E-state index in [2.05, 4.69) is 15.4 Å². The Morgan fingerprint density at radius 1 is 0.976 bits per heavy atom. The Labute approximate surface area is 246 Å². The fourth-order valence-corrected chi connectivity index (χ4v) is 4.65. The molecule has 12 heteroatoms. The van der Waals surface area contributed by atoms with E-state index in [0.717, 1.165) is 11.1 Å². The highest BCUT2D eigenvalue weighted by Gasteiger charge is 2.24. The number of rotatable bonds is 12. The van der Waals surface area contributed by atoms with E-state index >= 15 is 0 Å². The Kier molecular flexibility index (Phi) is 10.2. The first-order chi connectivity index (χ1) is 20.3. The maximum atomic E-state index is 12.9. The van der Waals surface area contributed by atoms with Crippen molar-refractivity contribution in [2.75, 3.05) is 13.7 Å². The van der Waals surface area contributed by atoms with Crippen molar-refractivity contribution in [1.82, 2.24) is 25.7 Å². The van der Waals surface area contributed by atoms with Crippen LogP contribution in [0.25, 0.3) is 11.0 Å². The molecular formula is C30H30ClN5O6. The Morgan fingerprint density at radius 2 is 1.69 bits per heavy atom. The van der Waals surface area contributed by atoms with Gasteiger partial charge in [-0.1, -0.05) is 60.1 Å². The minimum Gasteiger partial charge on any atom is -0.468 e. The molecule has 0 spiro atoms. The van der Waals surface area contributed by atoms with E-state index < -0.39 is 29.7 Å². The van der Waals surface area contributed by atoms with Crippen molar-refractivity contribution >= 4 is 46.3 Å². The van der Waals surface area contributed by atoms with Gasteiger partial charge in [-0.25, -0.2) is 10.5 Å². The maximum Gasteiger partial charge on any atom is 0.325 e. The molecule has 218 valence electrons. The van der Waals surface area contributed by atoms with Crippen LogP contribution in [0.4, 0.5) is 0 Å². The minimum atomic E-state index is -0.672. The number of carbonyl (C=O) groups excluding carboxylic acids is 4. The normalized spacial score (nSPS) is 11.5. The lowest BCUT2D eigenvalue weighted by Crippen LogP contribution is -2.33. The van der Waals surface area contributed by atoms with Crippen molar-refractivity contribution < 1.29 is 29.1 Å². The summed E-state index contributed by atoms with van der Waals surface area (Å²) in [5.41, 5.74) is 4.78. The number of aromatic nitrogens is 2. The number of hydrogen-bond donors (Lipinski definition) is 4. The molecule has 3 amide bonds. The number of nitrogens with one attached hydrogen (secondary N) is 3. The first-order valence-electron chi connectivity index (χ1n) is 13.1. The van der Waals surface area contributed by atoms with Gasteiger partial charge >= 0.3 is 5.97 Å². The number of imidazole rings is 1. The molecule has 1 heterocycles. The summed E-state index contributed by atoms with van der Waals surface area (Å²) in [6.45, 7) is 0.0481. The zero-order chi connectivity index (χ0) is 30.1. The lowest BCUT2D eigenvalue weighted by atomic mass is 10.0. The van der Waals surface area contributed by atoms with Crippen LogP contribution in [-0.4, -0.2) is 52.1 Å². The molecule has 0 aliphatic carbocycles. The molecule has 0 radical (unpaired) electrons. The molecule has 42 heavy (non-hydrogen) atoms. The van der Waals surface area contributed by atoms with Crippen LogP contribution in [0.15, 0.2) is 72.8 Å². The topological polar surface area (TPSA) is 152 Å². The van der Waals surface area contributed by atoms with Crippen LogP contribution in [0, 0.1) is 0 Å². The Bertz CT molecular complexity index is 1590. The number of benzene rings is 3. The second-order valence-electron chi connectivity index (χ2n) is 9.45. The van der Waals surface area contributed by atoms with E-state index in [4.69, 9.17) is 21.8 Å². The molecule has 0 aliphatic rings. The molecule has 3 aromatic carbocycles. The lowest BCUT2D eigenvalue weighted by molar-refractivity contribution is -0.139. The molecule has 4 rings (SSSR count). The van der Waals surface area contributed by atoms with Gasteiger partial charge in [-0.05, 0) is 41.8 Å². The highest BCUT2D eigenvalue weighted by molar-refractivity contribution is 6.31. The number of halogens is 1. The SMILES string of the molecule is COC(=O)CNC(=O)c1ccc2c(c1)nc(C(Cc1ccccc1)NC(=O)CCC(=O)NO)n2Cc1ccccc1Cl. The molecule has 1 atom stereocenters. The molecule has 0 saturated heterocycles. The monoisotopic (exact) mass is 591 g/mol. The van der Waals surface area contributed by atoms with Crippen molar-refractivity contribution in [3.8, 4) is 0 Å². The van der Waals surface area contributed by atoms with Crippen molar-refractivity contribution in [3.05, 3.63) is 100 Å². The smallest absolute Gasteiger partial charge is 0.325 e. The van der Waals surface area contributed by atoms with Crippen molar-refractivity contribution in [2.45, 2.75) is 31.8 Å². The first-order valence-corrected chi connectivity index (χ1v) is 13.5. The van der Waals surface area contributed by atoms with E-state index in [-0.39, 0.29) is 19.4 Å². The molecule has 0 bridgehead atoms. The van der Waals surface area contributed by atoms with Gasteiger partial charge in [0.2, 0.25) is 11.8 Å². The van der Waals surface area contributed by atoms with Gasteiger partial charge in [0.05, 0.1) is 30.7 Å². The van der Waals surface area contributed by atoms with E-state index in [1.165, 1.54) is 12.6 Å². The summed E-state index contributed by atoms with van der Waals surface area (Å²) in [4.78, 5) is 53.6. The van der Waals surface area contributed by atoms with Crippen LogP contribution in [0.1, 0.15) is 46.2 Å². The summed E-state index contributed by atoms with van der Waals surface area (Å²) < 4.78 is 6.52. The van der Waals surface area contributed by atoms with Gasteiger partial charge in [0.1, 0.15) is 12.4 Å². The lowest BCUT2D eigenvalue weighted by Gasteiger charge is -2.21. The van der Waals surface area contributed by atoms with Gasteiger partial charge in [0, 0.05) is 23.4 Å². The standard InChI is InChI=1S/C30H30ClN5O6/c1-42-28(39)17-32-30(40)20-11-12-25-23(16-20)34-29(36(25)18-21-9-5-6-10-22(21)31)24(15-19-7-3-2-4-8-19)33-26(37)13-14-27(38)35-41/h2-12,16,24,41H,13-15,17-18H2,1H3,(H,32,40)(H,33,37)(H,35,38). The zero-order valence-electron chi connectivity index (χ0n) is 22.8. The second-order valence-corrected chi connectivity index (χ2v) is 9.86. The van der Waals surface area contributed by atoms with E-state index in [9.17, 15) is 19.2 Å². The van der Waals surface area contributed by atoms with Crippen LogP contribution >= 0.6 is 11.6 Å². The molecule has 0 fully saturated rings. The highest BCUT2D eigenvalue weighted by atomic mass is 35.5. The molecule has 4 aromatic rings. The quantitative estimate of drug-likeness (QED) is 0.112. The second kappa shape index (κ2) is 14.2. The molecular weight excluding hydrogens is 562 g/mol. The third kappa shape index (κ3) is 7.71. The number of nitrogens with zero attached hydrogens (tertiary/aromatic N) is 2. The van der Waals surface area contributed by atoms with Gasteiger partial charge in [0.25, 0.3) is 5.91 Å². The van der Waals surface area contributed by atoms with E-state index in [0.29, 0.717) is 40.4 Å². The fraction of sp³-hybridized carbons (Fsp3) is 0.233. The molecule has 0 aliphatic heterocycles. The van der Waals surface area contributed by atoms with Gasteiger partial charge in [-0.15, -0.1) is 0 Å². The Balaban J connectivity index is 1.76. The predicted molar refractivity (Wildman–Crippen MR) is 155 cm³/mol. The molecule has 4 N–H and O–H groups in total. The van der Waals surface area contributed by atoms with Crippen LogP contribution in [0.2, 0.25) is 5.02 Å². The van der Waals surface area contributed by atoms with E-state index in [1.807, 2.05) is 53.1 Å². The van der Waals surface area contributed by atoms with Gasteiger partial charge in [-0.3, -0.25) is 24.4 Å². The minimum absolute atomic E-state index is 0.146. The van der Waals surface area contributed by atoms with Crippen LogP contribution in [0.5, 0.6) is 0 Å². The summed E-state index contributed by atoms with van der Waals surface area (Å²) in [5, 5.41) is 14.9. The average molecular weight is 592 g/mol. The summed E-state index contributed by atoms with van der Waals surface area (Å²) in [6.07, 6.45) is 0.0461. The van der Waals surface area contributed by atoms with Crippen LogP contribution in [0.3, 0.4) is 0 Å². The van der Waals surface area contributed by atoms with Crippen molar-refractivity contribution in [1.29, 1.82) is 0 Å². The Hall–Kier alpha value is -4.74. The number of methoxy groups -OCH3 is 1. The largest absolute Gasteiger partial charge is 0.468 e. The molecule has 1 aromatic heterocycles. The van der Waals surface area contributed by atoms with Crippen LogP contribution < -0.4 is 16.1 Å². The summed E-state index contributed by atoms with van der Waals surface area (Å²) in [7, 11) is 1.24. The summed E-state index contributed by atoms with van der Waals surface area (Å²) in [5.74, 6) is -1.61. The highest BCUT2D eigenvalue weighted by Crippen LogP contribution is 2.28. The summed E-state index contributed by atoms with van der Waals surface area (Å²) >= 11 is 6.51. The number of amides is 3. The number of esters is 1. The third-order valence-corrected chi connectivity index (χ3v) is 6.95. The van der Waals surface area contributed by atoms with Crippen molar-refractivity contribution in [2.24, 2.45) is 0 Å². The number of carbonyl (C=O) groups is 4. The molecule has 1 unspecified atom stereocenters. The van der Waals surface area contributed by atoms with Gasteiger partial charge < -0.3 is 19.9 Å². The molecule has 0 saturated carbocycles. The predicted octanol–water partition coefficient (Wildman–Crippen LogP) is 3.33. The van der Waals surface area contributed by atoms with Gasteiger partial charge in [-0.2, -0.15) is 0 Å². The summed E-state index contributed by atoms with van der Waals surface area (Å²) in [6, 6.07) is 21.3. The van der Waals surface area contributed by atoms with Crippen LogP contribution in [-0.2, 0) is 32.1 Å². The fourth-order valence-electron chi connectivity index (χ4n) is 4.45. The van der Waals surface area contributed by atoms with E-state index in [1.54, 1.807) is 24.3 Å². The third-order valence-electron chi connectivity index (χ3n) is 6.58. The number of hydroxylamine groups is 1.